The molecule has 1 aliphatic rings. The Hall–Kier alpha value is -1.07. The lowest BCUT2D eigenvalue weighted by atomic mass is 9.85. The first-order chi connectivity index (χ1) is 8.58. The fourth-order valence-corrected chi connectivity index (χ4v) is 2.69. The molecule has 1 unspecified atom stereocenters. The first kappa shape index (κ1) is 13.4. The lowest BCUT2D eigenvalue weighted by Gasteiger charge is -2.26. The van der Waals surface area contributed by atoms with Crippen LogP contribution >= 0.6 is 11.3 Å². The molecule has 0 aromatic carbocycles. The molecule has 0 spiro atoms. The minimum atomic E-state index is -0.942. The lowest BCUT2D eigenvalue weighted by molar-refractivity contribution is 0.0677. The summed E-state index contributed by atoms with van der Waals surface area (Å²) in [4.78, 5) is 4.22. The first-order valence-electron chi connectivity index (χ1n) is 6.37. The van der Waals surface area contributed by atoms with Crippen molar-refractivity contribution in [2.24, 2.45) is 16.6 Å². The van der Waals surface area contributed by atoms with E-state index in [1.54, 1.807) is 18.3 Å². The van der Waals surface area contributed by atoms with Crippen molar-refractivity contribution in [3.8, 4) is 0 Å². The topological polar surface area (TPSA) is 70.6 Å². The van der Waals surface area contributed by atoms with Crippen LogP contribution in [0.25, 0.3) is 0 Å². The first-order valence-corrected chi connectivity index (χ1v) is 7.31. The molecule has 100 valence electrons. The van der Waals surface area contributed by atoms with E-state index in [2.05, 4.69) is 10.3 Å². The molecule has 0 radical (unpaired) electrons. The van der Waals surface area contributed by atoms with Crippen molar-refractivity contribution in [3.63, 3.8) is 0 Å². The molecule has 2 rings (SSSR count). The van der Waals surface area contributed by atoms with E-state index in [1.807, 2.05) is 16.8 Å². The third kappa shape index (κ3) is 3.46. The molecule has 1 saturated carbocycles. The van der Waals surface area contributed by atoms with E-state index < -0.39 is 5.60 Å². The van der Waals surface area contributed by atoms with Crippen LogP contribution in [0, 0.1) is 5.92 Å². The fraction of sp³-hybridized carbons (Fsp3) is 0.615. The number of nitrogens with one attached hydrogen (secondary N) is 1. The minimum absolute atomic E-state index is 0.285. The van der Waals surface area contributed by atoms with Crippen molar-refractivity contribution < 1.29 is 5.11 Å². The molecule has 1 aromatic rings. The van der Waals surface area contributed by atoms with Crippen LogP contribution in [0.2, 0.25) is 0 Å². The standard InChI is InChI=1S/C13H21N3OS/c1-13(17,11-5-6-18-8-11)9-16-12(14)15-7-10-3-2-4-10/h5-6,8,10,17H,2-4,7,9H2,1H3,(H3,14,15,16). The SMILES string of the molecule is CC(O)(CN=C(N)NCC1CCC1)c1ccsc1. The van der Waals surface area contributed by atoms with Crippen LogP contribution in [0.5, 0.6) is 0 Å². The van der Waals surface area contributed by atoms with E-state index in [4.69, 9.17) is 5.73 Å². The Morgan fingerprint density at radius 3 is 3.00 bits per heavy atom. The predicted molar refractivity (Wildman–Crippen MR) is 75.7 cm³/mol. The number of thiophene rings is 1. The third-order valence-corrected chi connectivity index (χ3v) is 4.18. The molecule has 1 aromatic heterocycles. The Kier molecular flexibility index (Phi) is 4.24. The zero-order valence-electron chi connectivity index (χ0n) is 10.7. The summed E-state index contributed by atoms with van der Waals surface area (Å²) in [5, 5.41) is 17.3. The summed E-state index contributed by atoms with van der Waals surface area (Å²) < 4.78 is 0. The maximum atomic E-state index is 10.3. The molecule has 4 N–H and O–H groups in total. The second-order valence-corrected chi connectivity index (χ2v) is 5.95. The number of hydrogen-bond acceptors (Lipinski definition) is 3. The van der Waals surface area contributed by atoms with Gasteiger partial charge < -0.3 is 16.2 Å². The van der Waals surface area contributed by atoms with Gasteiger partial charge in [-0.15, -0.1) is 0 Å². The Morgan fingerprint density at radius 2 is 2.44 bits per heavy atom. The van der Waals surface area contributed by atoms with Gasteiger partial charge in [0.25, 0.3) is 0 Å². The van der Waals surface area contributed by atoms with Crippen molar-refractivity contribution >= 4 is 17.3 Å². The van der Waals surface area contributed by atoms with Crippen molar-refractivity contribution in [1.82, 2.24) is 5.32 Å². The summed E-state index contributed by atoms with van der Waals surface area (Å²) in [5.74, 6) is 1.17. The maximum Gasteiger partial charge on any atom is 0.188 e. The number of nitrogens with two attached hydrogens (primary N) is 1. The molecule has 18 heavy (non-hydrogen) atoms. The Labute approximate surface area is 112 Å². The van der Waals surface area contributed by atoms with Gasteiger partial charge >= 0.3 is 0 Å². The van der Waals surface area contributed by atoms with E-state index in [9.17, 15) is 5.11 Å². The smallest absolute Gasteiger partial charge is 0.188 e. The van der Waals surface area contributed by atoms with Gasteiger partial charge in [-0.2, -0.15) is 11.3 Å². The molecule has 1 fully saturated rings. The molecule has 1 heterocycles. The normalized spacial score (nSPS) is 20.2. The van der Waals surface area contributed by atoms with Gasteiger partial charge in [0.05, 0.1) is 6.54 Å². The van der Waals surface area contributed by atoms with E-state index in [-0.39, 0.29) is 6.54 Å². The summed E-state index contributed by atoms with van der Waals surface area (Å²) >= 11 is 1.57. The molecule has 4 nitrogen and oxygen atoms in total. The van der Waals surface area contributed by atoms with Crippen molar-refractivity contribution in [1.29, 1.82) is 0 Å². The van der Waals surface area contributed by atoms with Crippen molar-refractivity contribution in [2.45, 2.75) is 31.8 Å². The maximum absolute atomic E-state index is 10.3. The van der Waals surface area contributed by atoms with Gasteiger partial charge in [-0.3, -0.25) is 4.99 Å². The molecular weight excluding hydrogens is 246 g/mol. The Balaban J connectivity index is 1.81. The average molecular weight is 267 g/mol. The lowest BCUT2D eigenvalue weighted by Crippen LogP contribution is -2.38. The predicted octanol–water partition coefficient (Wildman–Crippen LogP) is 1.66. The number of aliphatic hydroxyl groups is 1. The quantitative estimate of drug-likeness (QED) is 0.561. The minimum Gasteiger partial charge on any atom is -0.383 e. The van der Waals surface area contributed by atoms with Gasteiger partial charge in [0.1, 0.15) is 5.60 Å². The van der Waals surface area contributed by atoms with E-state index in [1.165, 1.54) is 19.3 Å². The molecule has 0 saturated heterocycles. The summed E-state index contributed by atoms with van der Waals surface area (Å²) in [6.07, 6.45) is 3.90. The highest BCUT2D eigenvalue weighted by molar-refractivity contribution is 7.08. The highest BCUT2D eigenvalue weighted by atomic mass is 32.1. The van der Waals surface area contributed by atoms with Gasteiger partial charge in [0.15, 0.2) is 5.96 Å². The monoisotopic (exact) mass is 267 g/mol. The summed E-state index contributed by atoms with van der Waals surface area (Å²) in [5.41, 5.74) is 5.74. The highest BCUT2D eigenvalue weighted by Gasteiger charge is 2.23. The number of rotatable bonds is 5. The van der Waals surface area contributed by atoms with Crippen molar-refractivity contribution in [2.75, 3.05) is 13.1 Å². The highest BCUT2D eigenvalue weighted by Crippen LogP contribution is 2.25. The number of hydrogen-bond donors (Lipinski definition) is 3. The fourth-order valence-electron chi connectivity index (χ4n) is 1.90. The van der Waals surface area contributed by atoms with Crippen LogP contribution in [-0.2, 0) is 5.60 Å². The van der Waals surface area contributed by atoms with Gasteiger partial charge in [-0.05, 0) is 48.1 Å². The summed E-state index contributed by atoms with van der Waals surface area (Å²) in [6, 6.07) is 1.91. The molecule has 0 amide bonds. The number of aliphatic imine (C=N–C) groups is 1. The molecule has 5 heteroatoms. The largest absolute Gasteiger partial charge is 0.383 e. The second kappa shape index (κ2) is 5.71. The number of nitrogens with zero attached hydrogens (tertiary/aromatic N) is 1. The van der Waals surface area contributed by atoms with Crippen LogP contribution in [0.3, 0.4) is 0 Å². The molecule has 0 bridgehead atoms. The van der Waals surface area contributed by atoms with Gasteiger partial charge in [-0.25, -0.2) is 0 Å². The van der Waals surface area contributed by atoms with E-state index in [0.717, 1.165) is 18.0 Å². The Morgan fingerprint density at radius 1 is 1.67 bits per heavy atom. The van der Waals surface area contributed by atoms with E-state index in [0.29, 0.717) is 5.96 Å². The molecular formula is C13H21N3OS. The van der Waals surface area contributed by atoms with Crippen LogP contribution in [0.1, 0.15) is 31.7 Å². The van der Waals surface area contributed by atoms with Gasteiger partial charge in [0.2, 0.25) is 0 Å². The van der Waals surface area contributed by atoms with Crippen LogP contribution < -0.4 is 11.1 Å². The summed E-state index contributed by atoms with van der Waals surface area (Å²) in [6.45, 7) is 2.95. The summed E-state index contributed by atoms with van der Waals surface area (Å²) in [7, 11) is 0. The molecule has 1 atom stereocenters. The molecule has 1 aliphatic carbocycles. The zero-order chi connectivity index (χ0) is 13.0. The van der Waals surface area contributed by atoms with E-state index >= 15 is 0 Å². The zero-order valence-corrected chi connectivity index (χ0v) is 11.5. The molecule has 0 aliphatic heterocycles. The second-order valence-electron chi connectivity index (χ2n) is 5.17. The third-order valence-electron chi connectivity index (χ3n) is 3.50. The van der Waals surface area contributed by atoms with Crippen molar-refractivity contribution in [3.05, 3.63) is 22.4 Å². The van der Waals surface area contributed by atoms with Crippen LogP contribution in [-0.4, -0.2) is 24.2 Å². The Bertz CT molecular complexity index is 396. The van der Waals surface area contributed by atoms with Gasteiger partial charge in [-0.1, -0.05) is 6.42 Å². The van der Waals surface area contributed by atoms with Crippen LogP contribution in [0.4, 0.5) is 0 Å². The van der Waals surface area contributed by atoms with Crippen LogP contribution in [0.15, 0.2) is 21.8 Å². The average Bonchev–Trinajstić information content (AvgIpc) is 2.78. The number of guanidine groups is 1. The van der Waals surface area contributed by atoms with Gasteiger partial charge in [0, 0.05) is 6.54 Å².